The molecular weight excluding hydrogens is 385 g/mol. The lowest BCUT2D eigenvalue weighted by atomic mass is 9.78. The maximum atomic E-state index is 14.8. The predicted molar refractivity (Wildman–Crippen MR) is 101 cm³/mol. The van der Waals surface area contributed by atoms with Gasteiger partial charge in [-0.3, -0.25) is 9.79 Å². The first-order valence-corrected chi connectivity index (χ1v) is 8.94. The van der Waals surface area contributed by atoms with E-state index in [1.165, 1.54) is 38.6 Å². The second-order valence-electron chi connectivity index (χ2n) is 7.37. The van der Waals surface area contributed by atoms with Crippen LogP contribution in [0.25, 0.3) is 0 Å². The fourth-order valence-corrected chi connectivity index (χ4v) is 3.22. The number of methoxy groups -OCH3 is 1. The van der Waals surface area contributed by atoms with Crippen LogP contribution in [0.4, 0.5) is 13.2 Å². The highest BCUT2D eigenvalue weighted by molar-refractivity contribution is 5.95. The minimum atomic E-state index is -2.10. The lowest BCUT2D eigenvalue weighted by Gasteiger charge is -2.39. The van der Waals surface area contributed by atoms with E-state index in [0.29, 0.717) is 5.56 Å². The fourth-order valence-electron chi connectivity index (χ4n) is 3.22. The van der Waals surface area contributed by atoms with Gasteiger partial charge in [0.1, 0.15) is 29.1 Å². The Bertz CT molecular complexity index is 963. The second kappa shape index (κ2) is 7.46. The summed E-state index contributed by atoms with van der Waals surface area (Å²) in [7, 11) is 1.43. The molecular formula is C20H21F3N4O2. The molecule has 3 rings (SSSR count). The number of ketones is 1. The molecule has 2 heterocycles. The van der Waals surface area contributed by atoms with Gasteiger partial charge in [-0.05, 0) is 31.5 Å². The highest BCUT2D eigenvalue weighted by Crippen LogP contribution is 2.42. The summed E-state index contributed by atoms with van der Waals surface area (Å²) < 4.78 is 48.6. The van der Waals surface area contributed by atoms with Gasteiger partial charge in [-0.2, -0.15) is 0 Å². The Kier molecular flexibility index (Phi) is 5.34. The molecule has 1 aromatic heterocycles. The van der Waals surface area contributed by atoms with Crippen molar-refractivity contribution in [1.82, 2.24) is 9.97 Å². The van der Waals surface area contributed by atoms with Crippen molar-refractivity contribution in [3.05, 3.63) is 53.2 Å². The van der Waals surface area contributed by atoms with Crippen LogP contribution in [0.15, 0.2) is 35.6 Å². The number of aliphatic imine (C=N–C) groups is 1. The lowest BCUT2D eigenvalue weighted by molar-refractivity contribution is 0.0987. The first-order valence-electron chi connectivity index (χ1n) is 8.94. The van der Waals surface area contributed by atoms with Gasteiger partial charge in [0.05, 0.1) is 19.5 Å². The topological polar surface area (TPSA) is 90.5 Å². The Hall–Kier alpha value is -2.97. The van der Waals surface area contributed by atoms with Crippen LogP contribution in [-0.2, 0) is 12.0 Å². The number of Topliss-reactive ketones (excluding diaryl/α,β-unsaturated/α-hetero) is 1. The van der Waals surface area contributed by atoms with Crippen molar-refractivity contribution in [2.75, 3.05) is 7.11 Å². The molecule has 0 amide bonds. The van der Waals surface area contributed by atoms with Crippen LogP contribution in [0.3, 0.4) is 0 Å². The predicted octanol–water partition coefficient (Wildman–Crippen LogP) is 3.09. The zero-order valence-corrected chi connectivity index (χ0v) is 16.2. The number of nitrogens with zero attached hydrogens (tertiary/aromatic N) is 3. The summed E-state index contributed by atoms with van der Waals surface area (Å²) in [5, 5.41) is 0. The third kappa shape index (κ3) is 3.94. The van der Waals surface area contributed by atoms with E-state index < -0.39 is 29.6 Å². The molecule has 0 spiro atoms. The summed E-state index contributed by atoms with van der Waals surface area (Å²) >= 11 is 0. The van der Waals surface area contributed by atoms with Gasteiger partial charge in [-0.25, -0.2) is 23.1 Å². The molecule has 9 heteroatoms. The number of alkyl halides is 2. The number of halogens is 3. The summed E-state index contributed by atoms with van der Waals surface area (Å²) in [5.74, 6) is -1.19. The van der Waals surface area contributed by atoms with Crippen molar-refractivity contribution in [3.63, 3.8) is 0 Å². The van der Waals surface area contributed by atoms with Crippen molar-refractivity contribution in [1.29, 1.82) is 0 Å². The largest absolute Gasteiger partial charge is 0.480 e. The van der Waals surface area contributed by atoms with E-state index in [-0.39, 0.29) is 35.2 Å². The Morgan fingerprint density at radius 1 is 1.31 bits per heavy atom. The number of hydrogen-bond acceptors (Lipinski definition) is 6. The summed E-state index contributed by atoms with van der Waals surface area (Å²) in [5.41, 5.74) is 2.32. The minimum absolute atomic E-state index is 0.0884. The van der Waals surface area contributed by atoms with Crippen LogP contribution in [0, 0.1) is 5.82 Å². The van der Waals surface area contributed by atoms with Crippen LogP contribution in [0.2, 0.25) is 0 Å². The van der Waals surface area contributed by atoms with E-state index in [1.54, 1.807) is 0 Å². The van der Waals surface area contributed by atoms with E-state index in [1.807, 2.05) is 0 Å². The van der Waals surface area contributed by atoms with E-state index in [9.17, 15) is 18.0 Å². The number of carbonyl (C=O) groups excluding carboxylic acids is 1. The third-order valence-corrected chi connectivity index (χ3v) is 5.12. The van der Waals surface area contributed by atoms with Crippen LogP contribution in [0.1, 0.15) is 41.9 Å². The molecule has 2 N–H and O–H groups in total. The molecule has 3 atom stereocenters. The Balaban J connectivity index is 1.92. The Morgan fingerprint density at radius 3 is 2.66 bits per heavy atom. The van der Waals surface area contributed by atoms with Gasteiger partial charge in [-0.1, -0.05) is 6.07 Å². The molecule has 154 valence electrons. The number of ether oxygens (including phenoxy) is 1. The van der Waals surface area contributed by atoms with Crippen LogP contribution < -0.4 is 10.5 Å². The molecule has 6 nitrogen and oxygen atoms in total. The van der Waals surface area contributed by atoms with Crippen LogP contribution in [-0.4, -0.2) is 40.5 Å². The second-order valence-corrected chi connectivity index (χ2v) is 7.37. The highest BCUT2D eigenvalue weighted by Gasteiger charge is 2.49. The van der Waals surface area contributed by atoms with Crippen LogP contribution >= 0.6 is 0 Å². The normalized spacial score (nSPS) is 26.7. The highest BCUT2D eigenvalue weighted by atomic mass is 19.2. The van der Waals surface area contributed by atoms with Gasteiger partial charge in [0.25, 0.3) is 0 Å². The number of amidine groups is 1. The van der Waals surface area contributed by atoms with Crippen LogP contribution in [0.5, 0.6) is 5.88 Å². The zero-order valence-electron chi connectivity index (χ0n) is 16.2. The van der Waals surface area contributed by atoms with E-state index >= 15 is 0 Å². The number of aromatic nitrogens is 2. The van der Waals surface area contributed by atoms with Gasteiger partial charge in [0.15, 0.2) is 11.5 Å². The molecule has 2 aromatic rings. The maximum absolute atomic E-state index is 14.8. The molecule has 29 heavy (non-hydrogen) atoms. The standard InChI is InChI=1S/C20H21F3N4O2/c1-19(23)8-16(22)20(2,27-18(19)24)12-6-11(4-5-13(12)21)7-15(28)14-9-26-17(29-3)10-25-14/h4-6,9-10,16H,7-8H2,1-3H3,(H2,24,27)/t16-,19+,20+/m0/s1. The van der Waals surface area contributed by atoms with Gasteiger partial charge < -0.3 is 10.5 Å². The minimum Gasteiger partial charge on any atom is -0.480 e. The molecule has 0 aliphatic carbocycles. The molecule has 0 fully saturated rings. The summed E-state index contributed by atoms with van der Waals surface area (Å²) in [6.07, 6.45) is 0.145. The van der Waals surface area contributed by atoms with Crippen molar-refractivity contribution in [2.45, 2.75) is 44.1 Å². The fraction of sp³-hybridized carbons (Fsp3) is 0.400. The quantitative estimate of drug-likeness (QED) is 0.771. The number of nitrogens with two attached hydrogens (primary N) is 1. The zero-order chi connectivity index (χ0) is 21.4. The van der Waals surface area contributed by atoms with Crippen molar-refractivity contribution < 1.29 is 22.7 Å². The maximum Gasteiger partial charge on any atom is 0.232 e. The SMILES string of the molecule is COc1cnc(C(=O)Cc2ccc(F)c([C@@]3(C)N=C(N)[C@](C)(F)C[C@@H]3F)c2)cn1. The van der Waals surface area contributed by atoms with E-state index in [2.05, 4.69) is 15.0 Å². The number of benzene rings is 1. The average Bonchev–Trinajstić information content (AvgIpc) is 2.67. The van der Waals surface area contributed by atoms with Crippen molar-refractivity contribution in [3.8, 4) is 5.88 Å². The molecule has 0 radical (unpaired) electrons. The number of rotatable bonds is 5. The van der Waals surface area contributed by atoms with Gasteiger partial charge in [0, 0.05) is 18.4 Å². The molecule has 0 bridgehead atoms. The van der Waals surface area contributed by atoms with Crippen molar-refractivity contribution >= 4 is 11.6 Å². The van der Waals surface area contributed by atoms with Gasteiger partial charge >= 0.3 is 0 Å². The van der Waals surface area contributed by atoms with Crippen molar-refractivity contribution in [2.24, 2.45) is 10.7 Å². The summed E-state index contributed by atoms with van der Waals surface area (Å²) in [6.45, 7) is 2.50. The Morgan fingerprint density at radius 2 is 2.03 bits per heavy atom. The molecule has 1 aromatic carbocycles. The molecule has 0 unspecified atom stereocenters. The average molecular weight is 406 g/mol. The summed E-state index contributed by atoms with van der Waals surface area (Å²) in [4.78, 5) is 24.3. The smallest absolute Gasteiger partial charge is 0.232 e. The van der Waals surface area contributed by atoms with E-state index in [4.69, 9.17) is 10.5 Å². The number of carbonyl (C=O) groups is 1. The van der Waals surface area contributed by atoms with E-state index in [0.717, 1.165) is 13.0 Å². The number of hydrogen-bond donors (Lipinski definition) is 1. The first-order chi connectivity index (χ1) is 13.6. The first kappa shape index (κ1) is 20.8. The van der Waals surface area contributed by atoms with Gasteiger partial charge in [0.2, 0.25) is 5.88 Å². The monoisotopic (exact) mass is 406 g/mol. The third-order valence-electron chi connectivity index (χ3n) is 5.12. The summed E-state index contributed by atoms with van der Waals surface area (Å²) in [6, 6.07) is 3.90. The molecule has 0 saturated heterocycles. The molecule has 1 aliphatic rings. The molecule has 1 aliphatic heterocycles. The molecule has 0 saturated carbocycles. The Labute approximate surface area is 166 Å². The lowest BCUT2D eigenvalue weighted by Crippen LogP contribution is -2.51. The van der Waals surface area contributed by atoms with Gasteiger partial charge in [-0.15, -0.1) is 0 Å².